The second-order valence-corrected chi connectivity index (χ2v) is 7.56. The van der Waals surface area contributed by atoms with E-state index in [1.807, 2.05) is 4.68 Å². The van der Waals surface area contributed by atoms with Crippen LogP contribution in [-0.4, -0.2) is 46.7 Å². The van der Waals surface area contributed by atoms with Crippen LogP contribution in [0, 0.1) is 5.82 Å². The smallest absolute Gasteiger partial charge is 0.273 e. The molecule has 29 heavy (non-hydrogen) atoms. The number of rotatable bonds is 3. The van der Waals surface area contributed by atoms with Gasteiger partial charge in [0.15, 0.2) is 0 Å². The molecule has 4 aromatic rings. The molecule has 0 saturated heterocycles. The summed E-state index contributed by atoms with van der Waals surface area (Å²) < 4.78 is 17.6. The predicted octanol–water partition coefficient (Wildman–Crippen LogP) is 2.52. The Kier molecular flexibility index (Phi) is 3.41. The highest BCUT2D eigenvalue weighted by atomic mass is 19.1. The van der Waals surface area contributed by atoms with E-state index in [9.17, 15) is 9.18 Å². The number of fused-ring (bicyclic) bond motifs is 2. The summed E-state index contributed by atoms with van der Waals surface area (Å²) in [5, 5.41) is 8.92. The number of amides is 1. The summed E-state index contributed by atoms with van der Waals surface area (Å²) in [5.74, 6) is -0.459. The normalized spacial score (nSPS) is 18.9. The van der Waals surface area contributed by atoms with Gasteiger partial charge in [0, 0.05) is 31.1 Å². The molecule has 1 fully saturated rings. The van der Waals surface area contributed by atoms with Crippen molar-refractivity contribution in [1.82, 2.24) is 34.3 Å². The van der Waals surface area contributed by atoms with E-state index in [0.717, 1.165) is 24.2 Å². The summed E-state index contributed by atoms with van der Waals surface area (Å²) in [6.07, 6.45) is 7.77. The maximum atomic E-state index is 14.3. The van der Waals surface area contributed by atoms with Gasteiger partial charge in [-0.25, -0.2) is 13.9 Å². The van der Waals surface area contributed by atoms with Crippen molar-refractivity contribution in [2.75, 3.05) is 6.54 Å². The zero-order valence-corrected chi connectivity index (χ0v) is 15.5. The first kappa shape index (κ1) is 16.5. The molecule has 0 aromatic carbocycles. The highest BCUT2D eigenvalue weighted by Crippen LogP contribution is 2.37. The van der Waals surface area contributed by atoms with Crippen LogP contribution in [0.3, 0.4) is 0 Å². The monoisotopic (exact) mass is 391 g/mol. The van der Waals surface area contributed by atoms with E-state index in [1.165, 1.54) is 10.6 Å². The van der Waals surface area contributed by atoms with E-state index in [-0.39, 0.29) is 11.7 Å². The van der Waals surface area contributed by atoms with Gasteiger partial charge in [-0.2, -0.15) is 10.2 Å². The standard InChI is InChI=1S/C20H18FN7O/c21-13-2-1-8-27-17(13)10-15(25-27)19-18-14(22-11-23-18)6-9-26(19)20(29)16-5-7-24-28(16)12-3-4-12/h1-2,5,7-8,10-12,19H,3-4,6,9H2,(H,22,23). The Morgan fingerprint density at radius 1 is 1.28 bits per heavy atom. The van der Waals surface area contributed by atoms with Crippen LogP contribution < -0.4 is 0 Å². The fraction of sp³-hybridized carbons (Fsp3) is 0.300. The van der Waals surface area contributed by atoms with Crippen molar-refractivity contribution in [1.29, 1.82) is 0 Å². The Labute approximate surface area is 165 Å². The first-order valence-corrected chi connectivity index (χ1v) is 9.71. The molecule has 0 radical (unpaired) electrons. The van der Waals surface area contributed by atoms with E-state index >= 15 is 0 Å². The number of carbonyl (C=O) groups is 1. The highest BCUT2D eigenvalue weighted by Gasteiger charge is 2.38. The molecule has 2 aliphatic rings. The molecule has 146 valence electrons. The Bertz CT molecular complexity index is 1230. The lowest BCUT2D eigenvalue weighted by atomic mass is 9.99. The minimum absolute atomic E-state index is 0.106. The van der Waals surface area contributed by atoms with E-state index in [0.29, 0.717) is 35.9 Å². The molecule has 0 spiro atoms. The Balaban J connectivity index is 1.47. The average Bonchev–Trinajstić information content (AvgIpc) is 3.13. The number of halogens is 1. The summed E-state index contributed by atoms with van der Waals surface area (Å²) >= 11 is 0. The van der Waals surface area contributed by atoms with E-state index in [4.69, 9.17) is 0 Å². The third-order valence-corrected chi connectivity index (χ3v) is 5.72. The van der Waals surface area contributed by atoms with Crippen LogP contribution in [0.4, 0.5) is 4.39 Å². The summed E-state index contributed by atoms with van der Waals surface area (Å²) in [6.45, 7) is 0.519. The van der Waals surface area contributed by atoms with Crippen molar-refractivity contribution < 1.29 is 9.18 Å². The number of hydrogen-bond acceptors (Lipinski definition) is 4. The Hall–Kier alpha value is -3.49. The largest absolute Gasteiger partial charge is 0.348 e. The zero-order chi connectivity index (χ0) is 19.5. The lowest BCUT2D eigenvalue weighted by Crippen LogP contribution is -2.41. The second-order valence-electron chi connectivity index (χ2n) is 7.56. The van der Waals surface area contributed by atoms with Crippen molar-refractivity contribution in [3.63, 3.8) is 0 Å². The lowest BCUT2D eigenvalue weighted by molar-refractivity contribution is 0.0673. The number of imidazole rings is 1. The van der Waals surface area contributed by atoms with Crippen LogP contribution in [0.1, 0.15) is 52.5 Å². The van der Waals surface area contributed by atoms with Gasteiger partial charge >= 0.3 is 0 Å². The molecule has 4 aromatic heterocycles. The molecule has 1 aliphatic carbocycles. The number of nitrogens with zero attached hydrogens (tertiary/aromatic N) is 6. The maximum Gasteiger partial charge on any atom is 0.273 e. The van der Waals surface area contributed by atoms with E-state index < -0.39 is 6.04 Å². The van der Waals surface area contributed by atoms with Crippen molar-refractivity contribution in [2.45, 2.75) is 31.3 Å². The van der Waals surface area contributed by atoms with Crippen LogP contribution in [-0.2, 0) is 6.42 Å². The third kappa shape index (κ3) is 2.50. The molecule has 1 aliphatic heterocycles. The van der Waals surface area contributed by atoms with Crippen molar-refractivity contribution >= 4 is 11.4 Å². The quantitative estimate of drug-likeness (QED) is 0.582. The molecule has 8 nitrogen and oxygen atoms in total. The van der Waals surface area contributed by atoms with E-state index in [1.54, 1.807) is 41.8 Å². The molecule has 0 bridgehead atoms. The van der Waals surface area contributed by atoms with Gasteiger partial charge in [-0.1, -0.05) is 0 Å². The minimum Gasteiger partial charge on any atom is -0.348 e. The number of hydrogen-bond donors (Lipinski definition) is 1. The summed E-state index contributed by atoms with van der Waals surface area (Å²) in [5.41, 5.74) is 3.28. The first-order valence-electron chi connectivity index (χ1n) is 9.71. The van der Waals surface area contributed by atoms with Crippen molar-refractivity contribution in [3.8, 4) is 0 Å². The topological polar surface area (TPSA) is 84.1 Å². The number of nitrogens with one attached hydrogen (secondary N) is 1. The van der Waals surface area contributed by atoms with Crippen molar-refractivity contribution in [3.05, 3.63) is 71.6 Å². The van der Waals surface area contributed by atoms with Gasteiger partial charge in [0.25, 0.3) is 5.91 Å². The molecule has 1 atom stereocenters. The van der Waals surface area contributed by atoms with Crippen LogP contribution in [0.15, 0.2) is 43.0 Å². The van der Waals surface area contributed by atoms with Gasteiger partial charge in [0.05, 0.1) is 23.8 Å². The molecule has 1 unspecified atom stereocenters. The SMILES string of the molecule is O=C(c1ccnn1C1CC1)N1CCc2[nH]cnc2C1c1cc2c(F)cccn2n1. The summed E-state index contributed by atoms with van der Waals surface area (Å²) in [7, 11) is 0. The predicted molar refractivity (Wildman–Crippen MR) is 101 cm³/mol. The Morgan fingerprint density at radius 3 is 3.00 bits per heavy atom. The van der Waals surface area contributed by atoms with Gasteiger partial charge < -0.3 is 9.88 Å². The fourth-order valence-electron chi connectivity index (χ4n) is 4.17. The highest BCUT2D eigenvalue weighted by molar-refractivity contribution is 5.93. The summed E-state index contributed by atoms with van der Waals surface area (Å²) in [4.78, 5) is 22.9. The van der Waals surface area contributed by atoms with Crippen molar-refractivity contribution in [2.24, 2.45) is 0 Å². The minimum atomic E-state index is -0.487. The van der Waals surface area contributed by atoms with Gasteiger partial charge in [-0.3, -0.25) is 9.48 Å². The number of aromatic amines is 1. The molecule has 1 amide bonds. The number of carbonyl (C=O) groups excluding carboxylic acids is 1. The van der Waals surface area contributed by atoms with Crippen LogP contribution in [0.2, 0.25) is 0 Å². The zero-order valence-electron chi connectivity index (χ0n) is 15.5. The maximum absolute atomic E-state index is 14.3. The molecule has 1 N–H and O–H groups in total. The lowest BCUT2D eigenvalue weighted by Gasteiger charge is -2.34. The number of aromatic nitrogens is 6. The molecular weight excluding hydrogens is 373 g/mol. The van der Waals surface area contributed by atoms with Gasteiger partial charge in [-0.05, 0) is 37.1 Å². The Morgan fingerprint density at radius 2 is 2.17 bits per heavy atom. The number of H-pyrrole nitrogens is 1. The van der Waals surface area contributed by atoms with E-state index in [2.05, 4.69) is 20.2 Å². The van der Waals surface area contributed by atoms with Gasteiger partial charge in [0.1, 0.15) is 23.1 Å². The fourth-order valence-corrected chi connectivity index (χ4v) is 4.17. The average molecular weight is 391 g/mol. The van der Waals surface area contributed by atoms with Crippen LogP contribution in [0.25, 0.3) is 5.52 Å². The molecule has 5 heterocycles. The van der Waals surface area contributed by atoms with Gasteiger partial charge in [0.2, 0.25) is 0 Å². The first-order chi connectivity index (χ1) is 14.2. The molecule has 6 rings (SSSR count). The van der Waals surface area contributed by atoms with Crippen LogP contribution >= 0.6 is 0 Å². The third-order valence-electron chi connectivity index (χ3n) is 5.72. The molecule has 1 saturated carbocycles. The summed E-state index contributed by atoms with van der Waals surface area (Å²) in [6, 6.07) is 6.29. The second kappa shape index (κ2) is 6.00. The molecular formula is C20H18FN7O. The number of pyridine rings is 1. The van der Waals surface area contributed by atoms with Gasteiger partial charge in [-0.15, -0.1) is 0 Å². The van der Waals surface area contributed by atoms with Crippen LogP contribution in [0.5, 0.6) is 0 Å². The molecule has 9 heteroatoms.